The molecule has 2 heterocycles. The van der Waals surface area contributed by atoms with Crippen LogP contribution in [-0.2, 0) is 13.0 Å². The molecule has 21 heavy (non-hydrogen) atoms. The van der Waals surface area contributed by atoms with Crippen molar-refractivity contribution in [3.8, 4) is 11.4 Å². The lowest BCUT2D eigenvalue weighted by Gasteiger charge is -2.09. The summed E-state index contributed by atoms with van der Waals surface area (Å²) in [6, 6.07) is 2.00. The van der Waals surface area contributed by atoms with Crippen molar-refractivity contribution < 1.29 is 9.52 Å². The Morgan fingerprint density at radius 2 is 2.19 bits per heavy atom. The molecule has 0 spiro atoms. The summed E-state index contributed by atoms with van der Waals surface area (Å²) in [7, 11) is 0. The summed E-state index contributed by atoms with van der Waals surface area (Å²) in [5, 5.41) is 14.6. The standard InChI is InChI=1S/C16H23N3O2/c1-4-13(20)9-19-16(14-7-10(2)21-11(14)3)17-15(18-19)8-12-5-6-12/h7,12-13,20H,4-6,8-9H2,1-3H3/t13-/m0/s1. The van der Waals surface area contributed by atoms with Gasteiger partial charge >= 0.3 is 0 Å². The smallest absolute Gasteiger partial charge is 0.162 e. The van der Waals surface area contributed by atoms with Crippen molar-refractivity contribution in [2.24, 2.45) is 5.92 Å². The molecule has 0 aromatic carbocycles. The van der Waals surface area contributed by atoms with E-state index < -0.39 is 6.10 Å². The highest BCUT2D eigenvalue weighted by Gasteiger charge is 2.25. The van der Waals surface area contributed by atoms with Crippen molar-refractivity contribution in [3.05, 3.63) is 23.4 Å². The Balaban J connectivity index is 1.95. The number of aliphatic hydroxyl groups excluding tert-OH is 1. The Kier molecular flexibility index (Phi) is 3.85. The second-order valence-electron chi connectivity index (χ2n) is 6.07. The summed E-state index contributed by atoms with van der Waals surface area (Å²) >= 11 is 0. The number of aliphatic hydroxyl groups is 1. The number of hydrogen-bond donors (Lipinski definition) is 1. The molecule has 5 nitrogen and oxygen atoms in total. The first-order valence-electron chi connectivity index (χ1n) is 7.76. The van der Waals surface area contributed by atoms with Crippen LogP contribution in [0.3, 0.4) is 0 Å². The molecule has 0 unspecified atom stereocenters. The summed E-state index contributed by atoms with van der Waals surface area (Å²) in [5.41, 5.74) is 0.977. The van der Waals surface area contributed by atoms with Crippen molar-refractivity contribution in [1.29, 1.82) is 0 Å². The SMILES string of the molecule is CC[C@H](O)Cn1nc(CC2CC2)nc1-c1cc(C)oc1C. The van der Waals surface area contributed by atoms with Gasteiger partial charge in [-0.05, 0) is 45.1 Å². The highest BCUT2D eigenvalue weighted by Crippen LogP contribution is 2.33. The lowest BCUT2D eigenvalue weighted by atomic mass is 10.2. The maximum atomic E-state index is 9.95. The molecule has 5 heteroatoms. The second kappa shape index (κ2) is 5.64. The van der Waals surface area contributed by atoms with Crippen molar-refractivity contribution in [2.45, 2.75) is 59.1 Å². The van der Waals surface area contributed by atoms with Crippen molar-refractivity contribution in [2.75, 3.05) is 0 Å². The fourth-order valence-electron chi connectivity index (χ4n) is 2.56. The molecule has 0 aliphatic heterocycles. The summed E-state index contributed by atoms with van der Waals surface area (Å²) in [6.07, 6.45) is 3.82. The first-order valence-corrected chi connectivity index (χ1v) is 7.76. The van der Waals surface area contributed by atoms with Gasteiger partial charge in [0.25, 0.3) is 0 Å². The predicted molar refractivity (Wildman–Crippen MR) is 79.9 cm³/mol. The van der Waals surface area contributed by atoms with Gasteiger partial charge in [-0.1, -0.05) is 6.92 Å². The third kappa shape index (κ3) is 3.18. The molecule has 0 saturated heterocycles. The average Bonchev–Trinajstić information content (AvgIpc) is 3.07. The fourth-order valence-corrected chi connectivity index (χ4v) is 2.56. The number of hydrogen-bond acceptors (Lipinski definition) is 4. The van der Waals surface area contributed by atoms with Crippen LogP contribution in [0, 0.1) is 19.8 Å². The number of aryl methyl sites for hydroxylation is 2. The zero-order chi connectivity index (χ0) is 15.0. The normalized spacial score (nSPS) is 16.4. The van der Waals surface area contributed by atoms with E-state index in [0.29, 0.717) is 13.0 Å². The topological polar surface area (TPSA) is 64.1 Å². The first kappa shape index (κ1) is 14.3. The van der Waals surface area contributed by atoms with E-state index in [0.717, 1.165) is 41.1 Å². The van der Waals surface area contributed by atoms with Crippen LogP contribution in [0.4, 0.5) is 0 Å². The van der Waals surface area contributed by atoms with E-state index in [9.17, 15) is 5.11 Å². The minimum absolute atomic E-state index is 0.396. The highest BCUT2D eigenvalue weighted by molar-refractivity contribution is 5.58. The van der Waals surface area contributed by atoms with Gasteiger partial charge in [0.15, 0.2) is 11.6 Å². The predicted octanol–water partition coefficient (Wildman–Crippen LogP) is 2.88. The quantitative estimate of drug-likeness (QED) is 0.888. The Morgan fingerprint density at radius 1 is 1.43 bits per heavy atom. The number of furan rings is 1. The van der Waals surface area contributed by atoms with Crippen LogP contribution in [0.5, 0.6) is 0 Å². The van der Waals surface area contributed by atoms with Gasteiger partial charge in [-0.3, -0.25) is 0 Å². The van der Waals surface area contributed by atoms with Crippen LogP contribution in [0.2, 0.25) is 0 Å². The molecule has 0 bridgehead atoms. The van der Waals surface area contributed by atoms with Crippen molar-refractivity contribution in [3.63, 3.8) is 0 Å². The lowest BCUT2D eigenvalue weighted by Crippen LogP contribution is -2.17. The van der Waals surface area contributed by atoms with E-state index in [2.05, 4.69) is 5.10 Å². The van der Waals surface area contributed by atoms with Gasteiger partial charge in [0.1, 0.15) is 11.5 Å². The molecular weight excluding hydrogens is 266 g/mol. The van der Waals surface area contributed by atoms with Gasteiger partial charge in [0, 0.05) is 6.42 Å². The maximum absolute atomic E-state index is 9.95. The van der Waals surface area contributed by atoms with E-state index in [1.807, 2.05) is 31.5 Å². The van der Waals surface area contributed by atoms with E-state index in [-0.39, 0.29) is 0 Å². The molecule has 0 amide bonds. The van der Waals surface area contributed by atoms with Gasteiger partial charge in [-0.2, -0.15) is 5.10 Å². The minimum atomic E-state index is -0.396. The van der Waals surface area contributed by atoms with Gasteiger partial charge in [-0.15, -0.1) is 0 Å². The highest BCUT2D eigenvalue weighted by atomic mass is 16.3. The first-order chi connectivity index (χ1) is 10.1. The molecule has 1 aliphatic rings. The maximum Gasteiger partial charge on any atom is 0.162 e. The van der Waals surface area contributed by atoms with Crippen molar-refractivity contribution in [1.82, 2.24) is 14.8 Å². The Morgan fingerprint density at radius 3 is 2.76 bits per heavy atom. The van der Waals surface area contributed by atoms with Crippen LogP contribution in [0.25, 0.3) is 11.4 Å². The van der Waals surface area contributed by atoms with Crippen molar-refractivity contribution >= 4 is 0 Å². The van der Waals surface area contributed by atoms with E-state index >= 15 is 0 Å². The van der Waals surface area contributed by atoms with Gasteiger partial charge in [0.2, 0.25) is 0 Å². The molecule has 2 aromatic rings. The molecule has 0 radical (unpaired) electrons. The molecule has 114 valence electrons. The van der Waals surface area contributed by atoms with Crippen LogP contribution < -0.4 is 0 Å². The van der Waals surface area contributed by atoms with Crippen LogP contribution in [0.1, 0.15) is 43.5 Å². The number of rotatable bonds is 6. The molecule has 1 fully saturated rings. The van der Waals surface area contributed by atoms with Crippen LogP contribution >= 0.6 is 0 Å². The fraction of sp³-hybridized carbons (Fsp3) is 0.625. The zero-order valence-corrected chi connectivity index (χ0v) is 13.0. The number of nitrogens with zero attached hydrogens (tertiary/aromatic N) is 3. The average molecular weight is 289 g/mol. The van der Waals surface area contributed by atoms with E-state index in [1.54, 1.807) is 0 Å². The monoisotopic (exact) mass is 289 g/mol. The Bertz CT molecular complexity index is 626. The molecular formula is C16H23N3O2. The summed E-state index contributed by atoms with van der Waals surface area (Å²) in [5.74, 6) is 4.17. The number of aromatic nitrogens is 3. The largest absolute Gasteiger partial charge is 0.466 e. The summed E-state index contributed by atoms with van der Waals surface area (Å²) in [4.78, 5) is 4.70. The molecule has 1 atom stereocenters. The minimum Gasteiger partial charge on any atom is -0.466 e. The molecule has 3 rings (SSSR count). The second-order valence-corrected chi connectivity index (χ2v) is 6.07. The third-order valence-electron chi connectivity index (χ3n) is 4.02. The molecule has 1 aliphatic carbocycles. The summed E-state index contributed by atoms with van der Waals surface area (Å²) < 4.78 is 7.45. The lowest BCUT2D eigenvalue weighted by molar-refractivity contribution is 0.145. The van der Waals surface area contributed by atoms with Gasteiger partial charge in [0.05, 0.1) is 18.2 Å². The molecule has 1 N–H and O–H groups in total. The van der Waals surface area contributed by atoms with Gasteiger partial charge < -0.3 is 9.52 Å². The van der Waals surface area contributed by atoms with Gasteiger partial charge in [-0.25, -0.2) is 9.67 Å². The Hall–Kier alpha value is -1.62. The van der Waals surface area contributed by atoms with Crippen LogP contribution in [-0.4, -0.2) is 26.0 Å². The van der Waals surface area contributed by atoms with E-state index in [1.165, 1.54) is 12.8 Å². The van der Waals surface area contributed by atoms with Crippen LogP contribution in [0.15, 0.2) is 10.5 Å². The third-order valence-corrected chi connectivity index (χ3v) is 4.02. The Labute approximate surface area is 125 Å². The summed E-state index contributed by atoms with van der Waals surface area (Å²) in [6.45, 7) is 6.33. The zero-order valence-electron chi connectivity index (χ0n) is 13.0. The molecule has 1 saturated carbocycles. The van der Waals surface area contributed by atoms with E-state index in [4.69, 9.17) is 9.40 Å². The molecule has 2 aromatic heterocycles.